The molecule has 0 aliphatic heterocycles. The van der Waals surface area contributed by atoms with Gasteiger partial charge in [-0.05, 0) is 51.0 Å². The lowest BCUT2D eigenvalue weighted by Crippen LogP contribution is -2.25. The summed E-state index contributed by atoms with van der Waals surface area (Å²) in [6.45, 7) is 5.06. The van der Waals surface area contributed by atoms with Gasteiger partial charge in [0.05, 0.1) is 11.0 Å². The lowest BCUT2D eigenvalue weighted by atomic mass is 10.3. The number of unbranched alkanes of at least 4 members (excludes halogenated alkanes) is 1. The zero-order chi connectivity index (χ0) is 14.3. The van der Waals surface area contributed by atoms with E-state index < -0.39 is 10.0 Å². The van der Waals surface area contributed by atoms with Crippen molar-refractivity contribution in [2.24, 2.45) is 0 Å². The van der Waals surface area contributed by atoms with Crippen LogP contribution >= 0.6 is 15.9 Å². The number of hydrogen-bond donors (Lipinski definition) is 1. The van der Waals surface area contributed by atoms with Crippen LogP contribution < -0.4 is 4.72 Å². The van der Waals surface area contributed by atoms with E-state index in [4.69, 9.17) is 4.74 Å². The molecule has 0 bridgehead atoms. The van der Waals surface area contributed by atoms with E-state index in [1.54, 1.807) is 24.3 Å². The summed E-state index contributed by atoms with van der Waals surface area (Å²) in [5.41, 5.74) is 0. The van der Waals surface area contributed by atoms with Gasteiger partial charge < -0.3 is 4.74 Å². The highest BCUT2D eigenvalue weighted by molar-refractivity contribution is 9.10. The summed E-state index contributed by atoms with van der Waals surface area (Å²) in [6, 6.07) is 6.58. The Bertz CT molecular complexity index is 471. The first-order chi connectivity index (χ1) is 8.92. The van der Waals surface area contributed by atoms with Crippen LogP contribution in [0.5, 0.6) is 0 Å². The van der Waals surface area contributed by atoms with Gasteiger partial charge in [0, 0.05) is 17.6 Å². The summed E-state index contributed by atoms with van der Waals surface area (Å²) in [6.07, 6.45) is 1.84. The zero-order valence-electron chi connectivity index (χ0n) is 11.2. The van der Waals surface area contributed by atoms with Crippen LogP contribution in [0.4, 0.5) is 0 Å². The molecule has 0 unspecified atom stereocenters. The Morgan fingerprint density at radius 2 is 1.84 bits per heavy atom. The molecule has 0 fully saturated rings. The van der Waals surface area contributed by atoms with Gasteiger partial charge in [-0.3, -0.25) is 0 Å². The molecule has 0 aliphatic rings. The molecule has 0 saturated heterocycles. The fourth-order valence-corrected chi connectivity index (χ4v) is 2.79. The van der Waals surface area contributed by atoms with Crippen molar-refractivity contribution in [2.75, 3.05) is 13.2 Å². The lowest BCUT2D eigenvalue weighted by molar-refractivity contribution is 0.0762. The maximum absolute atomic E-state index is 11.9. The molecule has 0 amide bonds. The van der Waals surface area contributed by atoms with E-state index in [2.05, 4.69) is 20.7 Å². The third kappa shape index (κ3) is 6.51. The van der Waals surface area contributed by atoms with E-state index in [0.717, 1.165) is 17.3 Å². The van der Waals surface area contributed by atoms with Crippen LogP contribution in [0.15, 0.2) is 33.6 Å². The Kier molecular flexibility index (Phi) is 6.99. The van der Waals surface area contributed by atoms with Crippen LogP contribution in [0.2, 0.25) is 0 Å². The predicted octanol–water partition coefficient (Wildman–Crippen LogP) is 2.93. The Morgan fingerprint density at radius 1 is 1.21 bits per heavy atom. The smallest absolute Gasteiger partial charge is 0.240 e. The van der Waals surface area contributed by atoms with Gasteiger partial charge >= 0.3 is 0 Å². The van der Waals surface area contributed by atoms with E-state index >= 15 is 0 Å². The van der Waals surface area contributed by atoms with Crippen LogP contribution in [0.1, 0.15) is 26.7 Å². The van der Waals surface area contributed by atoms with Crippen molar-refractivity contribution in [2.45, 2.75) is 37.7 Å². The number of sulfonamides is 1. The van der Waals surface area contributed by atoms with E-state index in [0.29, 0.717) is 13.2 Å². The first kappa shape index (κ1) is 16.6. The van der Waals surface area contributed by atoms with Crippen molar-refractivity contribution in [1.29, 1.82) is 0 Å². The van der Waals surface area contributed by atoms with Gasteiger partial charge in [0.1, 0.15) is 0 Å². The Morgan fingerprint density at radius 3 is 2.42 bits per heavy atom. The molecule has 4 nitrogen and oxygen atoms in total. The standard InChI is InChI=1S/C13H20BrNO3S/c1-11(2)18-10-4-3-9-15-19(16,17)13-7-5-12(14)6-8-13/h5-8,11,15H,3-4,9-10H2,1-2H3. The van der Waals surface area contributed by atoms with Gasteiger partial charge in [0.25, 0.3) is 0 Å². The Labute approximate surface area is 123 Å². The highest BCUT2D eigenvalue weighted by Crippen LogP contribution is 2.14. The number of nitrogens with one attached hydrogen (secondary N) is 1. The molecule has 1 aromatic carbocycles. The largest absolute Gasteiger partial charge is 0.379 e. The lowest BCUT2D eigenvalue weighted by Gasteiger charge is -2.08. The van der Waals surface area contributed by atoms with E-state index in [1.807, 2.05) is 13.8 Å². The SMILES string of the molecule is CC(C)OCCCCNS(=O)(=O)c1ccc(Br)cc1. The van der Waals surface area contributed by atoms with Crippen LogP contribution in [0.3, 0.4) is 0 Å². The quantitative estimate of drug-likeness (QED) is 0.734. The third-order valence-corrected chi connectivity index (χ3v) is 4.44. The molecule has 0 heterocycles. The molecule has 108 valence electrons. The van der Waals surface area contributed by atoms with Crippen molar-refractivity contribution in [1.82, 2.24) is 4.72 Å². The Hall–Kier alpha value is -0.430. The molecule has 1 aromatic rings. The molecule has 0 saturated carbocycles. The number of benzene rings is 1. The van der Waals surface area contributed by atoms with Crippen molar-refractivity contribution >= 4 is 26.0 Å². The minimum atomic E-state index is -3.39. The summed E-state index contributed by atoms with van der Waals surface area (Å²) < 4.78 is 32.7. The van der Waals surface area contributed by atoms with Gasteiger partial charge in [-0.15, -0.1) is 0 Å². The third-order valence-electron chi connectivity index (χ3n) is 2.44. The highest BCUT2D eigenvalue weighted by atomic mass is 79.9. The second-order valence-electron chi connectivity index (χ2n) is 4.48. The molecule has 0 radical (unpaired) electrons. The second-order valence-corrected chi connectivity index (χ2v) is 7.16. The Balaban J connectivity index is 2.33. The van der Waals surface area contributed by atoms with Crippen LogP contribution in [0.25, 0.3) is 0 Å². The van der Waals surface area contributed by atoms with Crippen molar-refractivity contribution < 1.29 is 13.2 Å². The fourth-order valence-electron chi connectivity index (χ4n) is 1.45. The average molecular weight is 350 g/mol. The maximum atomic E-state index is 11.9. The first-order valence-corrected chi connectivity index (χ1v) is 8.56. The summed E-state index contributed by atoms with van der Waals surface area (Å²) in [5.74, 6) is 0. The van der Waals surface area contributed by atoms with Gasteiger partial charge in [0.2, 0.25) is 10.0 Å². The van der Waals surface area contributed by atoms with Crippen LogP contribution in [0, 0.1) is 0 Å². The number of ether oxygens (including phenoxy) is 1. The summed E-state index contributed by atoms with van der Waals surface area (Å²) >= 11 is 3.28. The van der Waals surface area contributed by atoms with Gasteiger partial charge in [-0.25, -0.2) is 13.1 Å². The summed E-state index contributed by atoms with van der Waals surface area (Å²) in [5, 5.41) is 0. The topological polar surface area (TPSA) is 55.4 Å². The minimum Gasteiger partial charge on any atom is -0.379 e. The van der Waals surface area contributed by atoms with Crippen LogP contribution in [-0.4, -0.2) is 27.7 Å². The molecule has 19 heavy (non-hydrogen) atoms. The number of rotatable bonds is 8. The van der Waals surface area contributed by atoms with Crippen molar-refractivity contribution in [3.05, 3.63) is 28.7 Å². The minimum absolute atomic E-state index is 0.222. The number of halogens is 1. The monoisotopic (exact) mass is 349 g/mol. The summed E-state index contributed by atoms with van der Waals surface area (Å²) in [4.78, 5) is 0.286. The van der Waals surface area contributed by atoms with Crippen LogP contribution in [-0.2, 0) is 14.8 Å². The molecular formula is C13H20BrNO3S. The average Bonchev–Trinajstić information content (AvgIpc) is 2.34. The van der Waals surface area contributed by atoms with Crippen molar-refractivity contribution in [3.63, 3.8) is 0 Å². The molecule has 0 aromatic heterocycles. The molecule has 1 N–H and O–H groups in total. The maximum Gasteiger partial charge on any atom is 0.240 e. The highest BCUT2D eigenvalue weighted by Gasteiger charge is 2.12. The second kappa shape index (κ2) is 7.99. The molecule has 6 heteroatoms. The molecular weight excluding hydrogens is 330 g/mol. The molecule has 0 spiro atoms. The van der Waals surface area contributed by atoms with E-state index in [9.17, 15) is 8.42 Å². The van der Waals surface area contributed by atoms with E-state index in [-0.39, 0.29) is 11.0 Å². The van der Waals surface area contributed by atoms with Gasteiger partial charge in [0.15, 0.2) is 0 Å². The normalized spacial score (nSPS) is 12.0. The van der Waals surface area contributed by atoms with E-state index in [1.165, 1.54) is 0 Å². The van der Waals surface area contributed by atoms with Gasteiger partial charge in [-0.2, -0.15) is 0 Å². The fraction of sp³-hybridized carbons (Fsp3) is 0.538. The number of hydrogen-bond acceptors (Lipinski definition) is 3. The molecule has 0 atom stereocenters. The first-order valence-electron chi connectivity index (χ1n) is 6.28. The van der Waals surface area contributed by atoms with Crippen molar-refractivity contribution in [3.8, 4) is 0 Å². The zero-order valence-corrected chi connectivity index (χ0v) is 13.6. The predicted molar refractivity (Wildman–Crippen MR) is 79.7 cm³/mol. The molecule has 0 aliphatic carbocycles. The molecule has 1 rings (SSSR count). The van der Waals surface area contributed by atoms with Gasteiger partial charge in [-0.1, -0.05) is 15.9 Å². The summed E-state index contributed by atoms with van der Waals surface area (Å²) in [7, 11) is -3.39.